The van der Waals surface area contributed by atoms with Crippen molar-refractivity contribution < 1.29 is 9.59 Å². The van der Waals surface area contributed by atoms with Gasteiger partial charge < -0.3 is 14.4 Å². The number of amides is 2. The van der Waals surface area contributed by atoms with E-state index in [9.17, 15) is 9.59 Å². The number of nitrogens with zero attached hydrogens (tertiary/aromatic N) is 4. The minimum atomic E-state index is -0.104. The lowest BCUT2D eigenvalue weighted by Gasteiger charge is -2.20. The lowest BCUT2D eigenvalue weighted by Crippen LogP contribution is -2.31. The molecule has 0 aliphatic carbocycles. The van der Waals surface area contributed by atoms with E-state index in [2.05, 4.69) is 4.98 Å². The smallest absolute Gasteiger partial charge is 0.271 e. The molecule has 0 saturated carbocycles. The van der Waals surface area contributed by atoms with Gasteiger partial charge in [0.25, 0.3) is 11.8 Å². The number of fused-ring (bicyclic) bond motifs is 3. The van der Waals surface area contributed by atoms with E-state index in [1.54, 1.807) is 18.1 Å². The second-order valence-corrected chi connectivity index (χ2v) is 8.44. The summed E-state index contributed by atoms with van der Waals surface area (Å²) in [7, 11) is 1.78. The average Bonchev–Trinajstić information content (AvgIpc) is 3.09. The molecular weight excluding hydrogens is 412 g/mol. The molecule has 2 aromatic carbocycles. The molecule has 0 saturated heterocycles. The van der Waals surface area contributed by atoms with Gasteiger partial charge in [0.2, 0.25) is 0 Å². The van der Waals surface area contributed by atoms with E-state index in [-0.39, 0.29) is 11.8 Å². The van der Waals surface area contributed by atoms with Crippen molar-refractivity contribution in [3.8, 4) is 0 Å². The van der Waals surface area contributed by atoms with Crippen molar-refractivity contribution in [2.24, 2.45) is 0 Å². The number of hydrogen-bond acceptors (Lipinski definition) is 3. The number of carbonyl (C=O) groups excluding carboxylic acids is 2. The van der Waals surface area contributed by atoms with Gasteiger partial charge in [0, 0.05) is 43.7 Å². The minimum absolute atomic E-state index is 0.0287. The van der Waals surface area contributed by atoms with E-state index in [0.717, 1.165) is 28.5 Å². The first kappa shape index (κ1) is 20.9. The summed E-state index contributed by atoms with van der Waals surface area (Å²) in [5.74, 6) is -0.133. The molecule has 166 valence electrons. The van der Waals surface area contributed by atoms with Gasteiger partial charge in [0.05, 0.1) is 12.2 Å². The van der Waals surface area contributed by atoms with Crippen LogP contribution in [0.2, 0.25) is 0 Å². The Labute approximate surface area is 193 Å². The lowest BCUT2D eigenvalue weighted by atomic mass is 10.1. The fourth-order valence-electron chi connectivity index (χ4n) is 4.60. The largest absolute Gasteiger partial charge is 0.335 e. The highest BCUT2D eigenvalue weighted by Gasteiger charge is 2.31. The van der Waals surface area contributed by atoms with Crippen LogP contribution in [0.3, 0.4) is 0 Å². The molecule has 33 heavy (non-hydrogen) atoms. The van der Waals surface area contributed by atoms with Gasteiger partial charge in [-0.15, -0.1) is 0 Å². The fourth-order valence-corrected chi connectivity index (χ4v) is 4.60. The SMILES string of the molecule is CN(Cc1ccccn1)C(=O)c1c2ccccc2c2n1CCCN(Cc1ccccc1)C2=O. The van der Waals surface area contributed by atoms with Crippen LogP contribution in [-0.2, 0) is 19.6 Å². The maximum atomic E-state index is 13.7. The van der Waals surface area contributed by atoms with Crippen molar-refractivity contribution in [1.29, 1.82) is 0 Å². The molecule has 0 fully saturated rings. The predicted octanol–water partition coefficient (Wildman–Crippen LogP) is 4.35. The van der Waals surface area contributed by atoms with Crippen LogP contribution in [0.25, 0.3) is 10.8 Å². The van der Waals surface area contributed by atoms with Crippen LogP contribution >= 0.6 is 0 Å². The molecular formula is C27H26N4O2. The maximum Gasteiger partial charge on any atom is 0.271 e. The Bertz CT molecular complexity index is 1280. The van der Waals surface area contributed by atoms with E-state index >= 15 is 0 Å². The molecule has 3 heterocycles. The summed E-state index contributed by atoms with van der Waals surface area (Å²) in [4.78, 5) is 35.3. The van der Waals surface area contributed by atoms with Crippen LogP contribution in [0.5, 0.6) is 0 Å². The van der Waals surface area contributed by atoms with Crippen LogP contribution in [0, 0.1) is 0 Å². The zero-order valence-corrected chi connectivity index (χ0v) is 18.6. The first-order valence-electron chi connectivity index (χ1n) is 11.2. The summed E-state index contributed by atoms with van der Waals surface area (Å²) in [6, 6.07) is 23.4. The molecule has 6 heteroatoms. The zero-order valence-electron chi connectivity index (χ0n) is 18.6. The predicted molar refractivity (Wildman–Crippen MR) is 128 cm³/mol. The molecule has 1 aliphatic heterocycles. The number of pyridine rings is 1. The standard InChI is InChI=1S/C27H26N4O2/c1-29(19-21-12-7-8-15-28-21)26(32)24-22-13-5-6-14-23(22)25-27(33)30(16-9-17-31(24)25)18-20-10-3-2-4-11-20/h2-8,10-15H,9,16-19H2,1H3. The number of hydrogen-bond donors (Lipinski definition) is 0. The number of carbonyl (C=O) groups is 2. The molecule has 5 rings (SSSR count). The van der Waals surface area contributed by atoms with Gasteiger partial charge in [-0.3, -0.25) is 14.6 Å². The molecule has 0 N–H and O–H groups in total. The molecule has 4 aromatic rings. The lowest BCUT2D eigenvalue weighted by molar-refractivity contribution is 0.0747. The molecule has 0 bridgehead atoms. The van der Waals surface area contributed by atoms with E-state index in [1.807, 2.05) is 82.3 Å². The maximum absolute atomic E-state index is 13.7. The molecule has 0 unspecified atom stereocenters. The third-order valence-corrected chi connectivity index (χ3v) is 6.17. The Hall–Kier alpha value is -3.93. The summed E-state index contributed by atoms with van der Waals surface area (Å²) in [5, 5.41) is 1.65. The van der Waals surface area contributed by atoms with Gasteiger partial charge in [-0.1, -0.05) is 60.7 Å². The second kappa shape index (κ2) is 8.90. The van der Waals surface area contributed by atoms with E-state index in [1.165, 1.54) is 0 Å². The molecule has 0 spiro atoms. The summed E-state index contributed by atoms with van der Waals surface area (Å²) >= 11 is 0. The first-order chi connectivity index (χ1) is 16.1. The molecule has 0 atom stereocenters. The van der Waals surface area contributed by atoms with Gasteiger partial charge in [0.1, 0.15) is 11.4 Å². The van der Waals surface area contributed by atoms with Crippen LogP contribution in [0.4, 0.5) is 0 Å². The summed E-state index contributed by atoms with van der Waals surface area (Å²) in [6.07, 6.45) is 2.52. The van der Waals surface area contributed by atoms with E-state index in [0.29, 0.717) is 37.6 Å². The Morgan fingerprint density at radius 1 is 0.939 bits per heavy atom. The minimum Gasteiger partial charge on any atom is -0.335 e. The monoisotopic (exact) mass is 438 g/mol. The summed E-state index contributed by atoms with van der Waals surface area (Å²) in [6.45, 7) is 2.24. The third-order valence-electron chi connectivity index (χ3n) is 6.17. The third kappa shape index (κ3) is 4.00. The topological polar surface area (TPSA) is 58.4 Å². The van der Waals surface area contributed by atoms with E-state index < -0.39 is 0 Å². The molecule has 6 nitrogen and oxygen atoms in total. The van der Waals surface area contributed by atoms with Crippen LogP contribution in [0.15, 0.2) is 79.0 Å². The fraction of sp³-hybridized carbons (Fsp3) is 0.222. The molecule has 1 aliphatic rings. The van der Waals surface area contributed by atoms with Crippen molar-refractivity contribution in [1.82, 2.24) is 19.4 Å². The van der Waals surface area contributed by atoms with Crippen molar-refractivity contribution in [3.05, 3.63) is 102 Å². The summed E-state index contributed by atoms with van der Waals surface area (Å²) < 4.78 is 1.94. The highest BCUT2D eigenvalue weighted by molar-refractivity contribution is 6.14. The molecule has 2 amide bonds. The quantitative estimate of drug-likeness (QED) is 0.465. The Balaban J connectivity index is 1.54. The van der Waals surface area contributed by atoms with Gasteiger partial charge in [0.15, 0.2) is 0 Å². The Morgan fingerprint density at radius 3 is 2.42 bits per heavy atom. The zero-order chi connectivity index (χ0) is 22.8. The first-order valence-corrected chi connectivity index (χ1v) is 11.2. The van der Waals surface area contributed by atoms with Crippen molar-refractivity contribution in [2.75, 3.05) is 13.6 Å². The highest BCUT2D eigenvalue weighted by Crippen LogP contribution is 2.31. The van der Waals surface area contributed by atoms with Crippen LogP contribution in [0.1, 0.15) is 38.7 Å². The molecule has 0 radical (unpaired) electrons. The number of aromatic nitrogens is 2. The Kier molecular flexibility index (Phi) is 5.65. The average molecular weight is 439 g/mol. The number of benzene rings is 2. The van der Waals surface area contributed by atoms with Crippen LogP contribution < -0.4 is 0 Å². The summed E-state index contributed by atoms with van der Waals surface area (Å²) in [5.41, 5.74) is 3.11. The normalized spacial score (nSPS) is 13.6. The number of rotatable bonds is 5. The van der Waals surface area contributed by atoms with Crippen molar-refractivity contribution in [3.63, 3.8) is 0 Å². The highest BCUT2D eigenvalue weighted by atomic mass is 16.2. The van der Waals surface area contributed by atoms with Crippen LogP contribution in [-0.4, -0.2) is 44.8 Å². The van der Waals surface area contributed by atoms with Gasteiger partial charge in [-0.25, -0.2) is 0 Å². The second-order valence-electron chi connectivity index (χ2n) is 8.44. The van der Waals surface area contributed by atoms with Gasteiger partial charge >= 0.3 is 0 Å². The van der Waals surface area contributed by atoms with Crippen molar-refractivity contribution >= 4 is 22.6 Å². The van der Waals surface area contributed by atoms with Crippen molar-refractivity contribution in [2.45, 2.75) is 26.1 Å². The van der Waals surface area contributed by atoms with Gasteiger partial charge in [-0.2, -0.15) is 0 Å². The Morgan fingerprint density at radius 2 is 1.67 bits per heavy atom. The molecule has 2 aromatic heterocycles. The van der Waals surface area contributed by atoms with E-state index in [4.69, 9.17) is 0 Å². The van der Waals surface area contributed by atoms with Gasteiger partial charge in [-0.05, 0) is 24.1 Å².